The van der Waals surface area contributed by atoms with Gasteiger partial charge in [-0.3, -0.25) is 9.59 Å². The summed E-state index contributed by atoms with van der Waals surface area (Å²) in [6.07, 6.45) is -9.32. The molecule has 1 amide bonds. The molecule has 2 rings (SSSR count). The van der Waals surface area contributed by atoms with Crippen LogP contribution in [0.4, 0.5) is 26.3 Å². The van der Waals surface area contributed by atoms with Gasteiger partial charge in [0, 0.05) is 6.54 Å². The van der Waals surface area contributed by atoms with E-state index in [2.05, 4.69) is 10.1 Å². The average molecular weight is 394 g/mol. The van der Waals surface area contributed by atoms with Crippen LogP contribution in [0, 0.1) is 0 Å². The first-order chi connectivity index (χ1) is 12.5. The maximum absolute atomic E-state index is 12.5. The molecule has 0 bridgehead atoms. The summed E-state index contributed by atoms with van der Waals surface area (Å²) >= 11 is 0. The van der Waals surface area contributed by atoms with Crippen LogP contribution in [-0.2, 0) is 12.6 Å². The molecule has 27 heavy (non-hydrogen) atoms. The van der Waals surface area contributed by atoms with Crippen molar-refractivity contribution in [1.82, 2.24) is 10.3 Å². The van der Waals surface area contributed by atoms with E-state index in [4.69, 9.17) is 0 Å². The Hall–Kier alpha value is -2.98. The third kappa shape index (κ3) is 6.04. The van der Waals surface area contributed by atoms with Crippen molar-refractivity contribution in [2.45, 2.75) is 19.0 Å². The highest BCUT2D eigenvalue weighted by Crippen LogP contribution is 2.26. The van der Waals surface area contributed by atoms with Gasteiger partial charge in [0.1, 0.15) is 17.0 Å². The van der Waals surface area contributed by atoms with E-state index in [1.54, 1.807) is 4.98 Å². The Balaban J connectivity index is 1.92. The number of hydrogen-bond acceptors (Lipinski definition) is 3. The SMILES string of the molecule is O=C(NCCc1ccc(OC(F)(F)F)cc1)c1ccc(C(F)(F)F)[nH]c1=O. The smallest absolute Gasteiger partial charge is 0.406 e. The number of amides is 1. The molecule has 2 aromatic rings. The maximum atomic E-state index is 12.5. The number of halogens is 6. The van der Waals surface area contributed by atoms with Crippen molar-refractivity contribution in [1.29, 1.82) is 0 Å². The fraction of sp³-hybridized carbons (Fsp3) is 0.250. The molecule has 1 aromatic heterocycles. The monoisotopic (exact) mass is 394 g/mol. The van der Waals surface area contributed by atoms with Gasteiger partial charge in [-0.2, -0.15) is 13.2 Å². The summed E-state index contributed by atoms with van der Waals surface area (Å²) in [5, 5.41) is 2.35. The predicted molar refractivity (Wildman–Crippen MR) is 81.2 cm³/mol. The van der Waals surface area contributed by atoms with Crippen molar-refractivity contribution in [3.63, 3.8) is 0 Å². The summed E-state index contributed by atoms with van der Waals surface area (Å²) in [6, 6.07) is 6.27. The number of hydrogen-bond donors (Lipinski definition) is 2. The van der Waals surface area contributed by atoms with Crippen molar-refractivity contribution in [3.05, 3.63) is 63.6 Å². The number of ether oxygens (including phenoxy) is 1. The van der Waals surface area contributed by atoms with Crippen LogP contribution in [0.5, 0.6) is 5.75 Å². The fourth-order valence-corrected chi connectivity index (χ4v) is 2.09. The van der Waals surface area contributed by atoms with Crippen LogP contribution in [0.1, 0.15) is 21.6 Å². The summed E-state index contributed by atoms with van der Waals surface area (Å²) in [6.45, 7) is 0.0127. The topological polar surface area (TPSA) is 71.2 Å². The molecule has 0 atom stereocenters. The molecule has 1 heterocycles. The number of aromatic amines is 1. The third-order valence-corrected chi connectivity index (χ3v) is 3.32. The van der Waals surface area contributed by atoms with Crippen LogP contribution in [0.2, 0.25) is 0 Å². The van der Waals surface area contributed by atoms with E-state index < -0.39 is 41.0 Å². The highest BCUT2D eigenvalue weighted by Gasteiger charge is 2.32. The molecule has 0 radical (unpaired) electrons. The second-order valence-corrected chi connectivity index (χ2v) is 5.31. The molecule has 0 aliphatic heterocycles. The van der Waals surface area contributed by atoms with Crippen LogP contribution in [0.15, 0.2) is 41.2 Å². The summed E-state index contributed by atoms with van der Waals surface area (Å²) < 4.78 is 77.3. The van der Waals surface area contributed by atoms with Crippen molar-refractivity contribution in [2.75, 3.05) is 6.54 Å². The first-order valence-corrected chi connectivity index (χ1v) is 7.39. The number of nitrogens with one attached hydrogen (secondary N) is 2. The minimum atomic E-state index is -4.80. The number of carbonyl (C=O) groups excluding carboxylic acids is 1. The van der Waals surface area contributed by atoms with Crippen molar-refractivity contribution in [2.24, 2.45) is 0 Å². The van der Waals surface area contributed by atoms with Gasteiger partial charge in [-0.1, -0.05) is 12.1 Å². The lowest BCUT2D eigenvalue weighted by Gasteiger charge is -2.10. The number of rotatable bonds is 5. The van der Waals surface area contributed by atoms with Gasteiger partial charge in [0.2, 0.25) is 0 Å². The molecule has 0 fully saturated rings. The van der Waals surface area contributed by atoms with Gasteiger partial charge in [0.25, 0.3) is 11.5 Å². The van der Waals surface area contributed by atoms with Gasteiger partial charge in [0.05, 0.1) is 0 Å². The summed E-state index contributed by atoms with van der Waals surface area (Å²) in [7, 11) is 0. The molecule has 0 saturated carbocycles. The Kier molecular flexibility index (Phi) is 5.82. The first-order valence-electron chi connectivity index (χ1n) is 7.39. The zero-order valence-electron chi connectivity index (χ0n) is 13.4. The minimum Gasteiger partial charge on any atom is -0.406 e. The van der Waals surface area contributed by atoms with Gasteiger partial charge < -0.3 is 15.0 Å². The Morgan fingerprint density at radius 2 is 1.63 bits per heavy atom. The summed E-state index contributed by atoms with van der Waals surface area (Å²) in [5.74, 6) is -1.27. The zero-order chi connectivity index (χ0) is 20.2. The molecular weight excluding hydrogens is 382 g/mol. The van der Waals surface area contributed by atoms with E-state index in [0.717, 1.165) is 18.2 Å². The number of carbonyl (C=O) groups is 1. The van der Waals surface area contributed by atoms with E-state index in [-0.39, 0.29) is 13.0 Å². The number of benzene rings is 1. The number of aromatic nitrogens is 1. The first kappa shape index (κ1) is 20.3. The normalized spacial score (nSPS) is 11.9. The van der Waals surface area contributed by atoms with Crippen LogP contribution in [-0.4, -0.2) is 23.8 Å². The van der Waals surface area contributed by atoms with Gasteiger partial charge in [-0.15, -0.1) is 13.2 Å². The Morgan fingerprint density at radius 1 is 1.00 bits per heavy atom. The quantitative estimate of drug-likeness (QED) is 0.765. The minimum absolute atomic E-state index is 0.0127. The largest absolute Gasteiger partial charge is 0.573 e. The standard InChI is InChI=1S/C16H12F6N2O3/c17-15(18,19)12-6-5-11(14(26)24-12)13(25)23-8-7-9-1-3-10(4-2-9)27-16(20,21)22/h1-6H,7-8H2,(H,23,25)(H,24,26). The predicted octanol–water partition coefficient (Wildman–Crippen LogP) is 3.26. The molecule has 146 valence electrons. The van der Waals surface area contributed by atoms with E-state index in [1.807, 2.05) is 0 Å². The van der Waals surface area contributed by atoms with E-state index in [1.165, 1.54) is 12.1 Å². The maximum Gasteiger partial charge on any atom is 0.573 e. The third-order valence-electron chi connectivity index (χ3n) is 3.32. The lowest BCUT2D eigenvalue weighted by Crippen LogP contribution is -2.32. The molecular formula is C16H12F6N2O3. The molecule has 0 unspecified atom stereocenters. The highest BCUT2D eigenvalue weighted by atomic mass is 19.4. The highest BCUT2D eigenvalue weighted by molar-refractivity contribution is 5.93. The summed E-state index contributed by atoms with van der Waals surface area (Å²) in [5.41, 5.74) is -2.37. The van der Waals surface area contributed by atoms with Crippen LogP contribution < -0.4 is 15.6 Å². The number of H-pyrrole nitrogens is 1. The Labute approximate surface area is 148 Å². The van der Waals surface area contributed by atoms with E-state index in [9.17, 15) is 35.9 Å². The van der Waals surface area contributed by atoms with Crippen LogP contribution >= 0.6 is 0 Å². The average Bonchev–Trinajstić information content (AvgIpc) is 2.54. The van der Waals surface area contributed by atoms with Gasteiger partial charge >= 0.3 is 12.5 Å². The van der Waals surface area contributed by atoms with Crippen LogP contribution in [0.25, 0.3) is 0 Å². The molecule has 0 saturated heterocycles. The molecule has 0 spiro atoms. The second kappa shape index (κ2) is 7.72. The van der Waals surface area contributed by atoms with Crippen molar-refractivity contribution in [3.8, 4) is 5.75 Å². The van der Waals surface area contributed by atoms with Gasteiger partial charge in [-0.05, 0) is 36.2 Å². The summed E-state index contributed by atoms with van der Waals surface area (Å²) in [4.78, 5) is 25.0. The zero-order valence-corrected chi connectivity index (χ0v) is 13.4. The van der Waals surface area contributed by atoms with E-state index in [0.29, 0.717) is 11.6 Å². The van der Waals surface area contributed by atoms with Gasteiger partial charge in [-0.25, -0.2) is 0 Å². The number of pyridine rings is 1. The Bertz CT molecular complexity index is 856. The Morgan fingerprint density at radius 3 is 2.15 bits per heavy atom. The van der Waals surface area contributed by atoms with Crippen molar-refractivity contribution < 1.29 is 35.9 Å². The molecule has 11 heteroatoms. The van der Waals surface area contributed by atoms with E-state index >= 15 is 0 Å². The second-order valence-electron chi connectivity index (χ2n) is 5.31. The number of alkyl halides is 6. The van der Waals surface area contributed by atoms with Crippen LogP contribution in [0.3, 0.4) is 0 Å². The molecule has 0 aliphatic rings. The van der Waals surface area contributed by atoms with Gasteiger partial charge in [0.15, 0.2) is 0 Å². The lowest BCUT2D eigenvalue weighted by molar-refractivity contribution is -0.274. The van der Waals surface area contributed by atoms with Crippen molar-refractivity contribution >= 4 is 5.91 Å². The molecule has 5 nitrogen and oxygen atoms in total. The molecule has 1 aromatic carbocycles. The fourth-order valence-electron chi connectivity index (χ4n) is 2.09. The molecule has 2 N–H and O–H groups in total. The lowest BCUT2D eigenvalue weighted by atomic mass is 10.1. The molecule has 0 aliphatic carbocycles.